The number of halogens is 3. The first kappa shape index (κ1) is 19.0. The Balaban J connectivity index is 2.40. The van der Waals surface area contributed by atoms with Crippen LogP contribution in [0, 0.1) is 0 Å². The average molecular weight is 361 g/mol. The van der Waals surface area contributed by atoms with Crippen LogP contribution in [0.25, 0.3) is 0 Å². The summed E-state index contributed by atoms with van der Waals surface area (Å²) in [6.07, 6.45) is 0. The first-order chi connectivity index (χ1) is 11.0. The second kappa shape index (κ2) is 6.86. The van der Waals surface area contributed by atoms with Crippen LogP contribution in [0.1, 0.15) is 27.7 Å². The third kappa shape index (κ3) is 4.17. The molecular formula is C15H20BClF2N2O3. The normalized spacial score (nSPS) is 19.8. The number of hydrogen-bond acceptors (Lipinski definition) is 4. The minimum Gasteiger partial charge on any atom is -0.435 e. The molecule has 1 saturated heterocycles. The van der Waals surface area contributed by atoms with E-state index in [4.69, 9.17) is 26.6 Å². The van der Waals surface area contributed by atoms with Gasteiger partial charge in [-0.15, -0.1) is 11.6 Å². The van der Waals surface area contributed by atoms with Gasteiger partial charge < -0.3 is 19.8 Å². The molecule has 1 aliphatic rings. The highest BCUT2D eigenvalue weighted by molar-refractivity contribution is 6.62. The van der Waals surface area contributed by atoms with E-state index >= 15 is 0 Å². The molecule has 0 radical (unpaired) electrons. The van der Waals surface area contributed by atoms with Gasteiger partial charge in [-0.3, -0.25) is 0 Å². The molecule has 0 aliphatic carbocycles. The van der Waals surface area contributed by atoms with Gasteiger partial charge in [-0.2, -0.15) is 8.78 Å². The molecule has 1 aromatic carbocycles. The molecule has 1 aromatic rings. The molecule has 132 valence electrons. The van der Waals surface area contributed by atoms with E-state index in [1.165, 1.54) is 12.1 Å². The van der Waals surface area contributed by atoms with Crippen molar-refractivity contribution < 1.29 is 22.8 Å². The van der Waals surface area contributed by atoms with Crippen molar-refractivity contribution >= 4 is 35.7 Å². The Morgan fingerprint density at radius 3 is 2.33 bits per heavy atom. The van der Waals surface area contributed by atoms with Crippen LogP contribution in [0.3, 0.4) is 0 Å². The maximum absolute atomic E-state index is 12.6. The van der Waals surface area contributed by atoms with E-state index in [0.29, 0.717) is 11.2 Å². The fraction of sp³-hybridized carbons (Fsp3) is 0.533. The lowest BCUT2D eigenvalue weighted by molar-refractivity contribution is -0.0497. The van der Waals surface area contributed by atoms with Crippen molar-refractivity contribution in [2.24, 2.45) is 10.7 Å². The van der Waals surface area contributed by atoms with Crippen molar-refractivity contribution in [3.8, 4) is 5.75 Å². The van der Waals surface area contributed by atoms with Crippen molar-refractivity contribution in [2.75, 3.05) is 5.88 Å². The second-order valence-corrected chi connectivity index (χ2v) is 6.73. The fourth-order valence-corrected chi connectivity index (χ4v) is 2.21. The molecule has 0 amide bonds. The molecule has 0 atom stereocenters. The minimum atomic E-state index is -2.96. The number of ether oxygens (including phenoxy) is 1. The Morgan fingerprint density at radius 2 is 1.83 bits per heavy atom. The van der Waals surface area contributed by atoms with Gasteiger partial charge in [0, 0.05) is 6.07 Å². The van der Waals surface area contributed by atoms with Gasteiger partial charge >= 0.3 is 13.7 Å². The Bertz CT molecular complexity index is 625. The summed E-state index contributed by atoms with van der Waals surface area (Å²) < 4.78 is 41.5. The van der Waals surface area contributed by atoms with Gasteiger partial charge in [-0.25, -0.2) is 4.99 Å². The Labute approximate surface area is 145 Å². The average Bonchev–Trinajstić information content (AvgIpc) is 2.66. The van der Waals surface area contributed by atoms with Gasteiger partial charge in [0.25, 0.3) is 0 Å². The number of rotatable bonds is 5. The van der Waals surface area contributed by atoms with E-state index in [-0.39, 0.29) is 17.5 Å². The zero-order valence-corrected chi connectivity index (χ0v) is 14.7. The van der Waals surface area contributed by atoms with Gasteiger partial charge in [0.05, 0.1) is 22.8 Å². The third-order valence-electron chi connectivity index (χ3n) is 4.07. The zero-order valence-electron chi connectivity index (χ0n) is 14.0. The van der Waals surface area contributed by atoms with E-state index in [9.17, 15) is 8.78 Å². The lowest BCUT2D eigenvalue weighted by Gasteiger charge is -2.32. The quantitative estimate of drug-likeness (QED) is 0.379. The first-order valence-corrected chi connectivity index (χ1v) is 7.92. The van der Waals surface area contributed by atoms with Crippen LogP contribution in [0.5, 0.6) is 5.75 Å². The highest BCUT2D eigenvalue weighted by Gasteiger charge is 2.51. The van der Waals surface area contributed by atoms with Crippen molar-refractivity contribution in [1.82, 2.24) is 0 Å². The Hall–Kier alpha value is -1.38. The zero-order chi connectivity index (χ0) is 18.1. The SMILES string of the molecule is CC1(C)OB(c2cc(N=C(N)CCl)cc(OC(F)F)c2)OC1(C)C. The van der Waals surface area contributed by atoms with Gasteiger partial charge in [0.1, 0.15) is 11.6 Å². The molecule has 1 aliphatic heterocycles. The summed E-state index contributed by atoms with van der Waals surface area (Å²) in [7, 11) is -0.734. The standard InChI is InChI=1S/C15H20BClF2N2O3/c1-14(2)15(3,4)24-16(23-14)9-5-10(21-12(20)8-17)7-11(6-9)22-13(18)19/h5-7,13H,8H2,1-4H3,(H2,20,21). The topological polar surface area (TPSA) is 66.1 Å². The minimum absolute atomic E-state index is 0.0196. The molecule has 2 rings (SSSR count). The van der Waals surface area contributed by atoms with Gasteiger partial charge in [0.2, 0.25) is 0 Å². The van der Waals surface area contributed by atoms with Crippen molar-refractivity contribution in [1.29, 1.82) is 0 Å². The summed E-state index contributed by atoms with van der Waals surface area (Å²) in [5.41, 5.74) is 5.33. The van der Waals surface area contributed by atoms with Crippen LogP contribution >= 0.6 is 11.6 Å². The van der Waals surface area contributed by atoms with Crippen LogP contribution in [0.15, 0.2) is 23.2 Å². The summed E-state index contributed by atoms with van der Waals surface area (Å²) in [5.74, 6) is 0.121. The fourth-order valence-electron chi connectivity index (χ4n) is 2.15. The maximum atomic E-state index is 12.6. The number of nitrogens with zero attached hydrogens (tertiary/aromatic N) is 1. The monoisotopic (exact) mass is 360 g/mol. The molecule has 2 N–H and O–H groups in total. The molecule has 0 saturated carbocycles. The number of hydrogen-bond donors (Lipinski definition) is 1. The van der Waals surface area contributed by atoms with Crippen LogP contribution < -0.4 is 15.9 Å². The van der Waals surface area contributed by atoms with E-state index in [0.717, 1.165) is 0 Å². The lowest BCUT2D eigenvalue weighted by Crippen LogP contribution is -2.41. The van der Waals surface area contributed by atoms with E-state index < -0.39 is 24.9 Å². The van der Waals surface area contributed by atoms with Crippen LogP contribution in [-0.2, 0) is 9.31 Å². The predicted octanol–water partition coefficient (Wildman–Crippen LogP) is 2.81. The molecule has 1 heterocycles. The molecular weight excluding hydrogens is 340 g/mol. The highest BCUT2D eigenvalue weighted by atomic mass is 35.5. The Morgan fingerprint density at radius 1 is 1.25 bits per heavy atom. The van der Waals surface area contributed by atoms with E-state index in [1.54, 1.807) is 6.07 Å². The molecule has 0 spiro atoms. The van der Waals surface area contributed by atoms with Crippen molar-refractivity contribution in [3.05, 3.63) is 18.2 Å². The molecule has 9 heteroatoms. The summed E-state index contributed by atoms with van der Waals surface area (Å²) in [6.45, 7) is 4.64. The predicted molar refractivity (Wildman–Crippen MR) is 90.8 cm³/mol. The van der Waals surface area contributed by atoms with Crippen molar-refractivity contribution in [3.63, 3.8) is 0 Å². The van der Waals surface area contributed by atoms with Gasteiger partial charge in [-0.1, -0.05) is 0 Å². The summed E-state index contributed by atoms with van der Waals surface area (Å²) >= 11 is 5.61. The van der Waals surface area contributed by atoms with Crippen molar-refractivity contribution in [2.45, 2.75) is 45.5 Å². The smallest absolute Gasteiger partial charge is 0.435 e. The third-order valence-corrected chi connectivity index (χ3v) is 4.35. The molecule has 0 aromatic heterocycles. The van der Waals surface area contributed by atoms with E-state index in [2.05, 4.69) is 9.73 Å². The van der Waals surface area contributed by atoms with Crippen LogP contribution in [-0.4, -0.2) is 36.6 Å². The Kier molecular flexibility index (Phi) is 5.42. The lowest BCUT2D eigenvalue weighted by atomic mass is 9.79. The molecule has 1 fully saturated rings. The molecule has 0 unspecified atom stereocenters. The summed E-state index contributed by atoms with van der Waals surface area (Å²) in [5, 5.41) is 0. The molecule has 5 nitrogen and oxygen atoms in total. The maximum Gasteiger partial charge on any atom is 0.495 e. The second-order valence-electron chi connectivity index (χ2n) is 6.46. The van der Waals surface area contributed by atoms with E-state index in [1.807, 2.05) is 27.7 Å². The number of amidine groups is 1. The number of benzene rings is 1. The molecule has 0 bridgehead atoms. The number of alkyl halides is 3. The number of aliphatic imine (C=N–C) groups is 1. The van der Waals surface area contributed by atoms with Crippen LogP contribution in [0.2, 0.25) is 0 Å². The van der Waals surface area contributed by atoms with Crippen LogP contribution in [0.4, 0.5) is 14.5 Å². The van der Waals surface area contributed by atoms with Gasteiger partial charge in [0.15, 0.2) is 0 Å². The largest absolute Gasteiger partial charge is 0.495 e. The molecule has 24 heavy (non-hydrogen) atoms. The number of nitrogens with two attached hydrogens (primary N) is 1. The van der Waals surface area contributed by atoms with Gasteiger partial charge in [-0.05, 0) is 45.3 Å². The summed E-state index contributed by atoms with van der Waals surface area (Å²) in [4.78, 5) is 4.08. The summed E-state index contributed by atoms with van der Waals surface area (Å²) in [6, 6.07) is 4.42. The highest BCUT2D eigenvalue weighted by Crippen LogP contribution is 2.37. The first-order valence-electron chi connectivity index (χ1n) is 7.38.